The number of aromatic nitrogens is 2. The van der Waals surface area contributed by atoms with Gasteiger partial charge in [0, 0.05) is 31.8 Å². The first kappa shape index (κ1) is 17.3. The molecule has 0 radical (unpaired) electrons. The van der Waals surface area contributed by atoms with E-state index in [-0.39, 0.29) is 24.4 Å². The van der Waals surface area contributed by atoms with E-state index in [1.807, 2.05) is 30.5 Å². The Morgan fingerprint density at radius 1 is 1.36 bits per heavy atom. The number of rotatable bonds is 4. The van der Waals surface area contributed by atoms with E-state index in [0.717, 1.165) is 29.8 Å². The van der Waals surface area contributed by atoms with Crippen molar-refractivity contribution in [1.29, 1.82) is 0 Å². The van der Waals surface area contributed by atoms with Crippen molar-refractivity contribution in [2.24, 2.45) is 7.05 Å². The van der Waals surface area contributed by atoms with Crippen LogP contribution in [0.1, 0.15) is 59.1 Å². The predicted molar refractivity (Wildman–Crippen MR) is 91.9 cm³/mol. The Morgan fingerprint density at radius 2 is 2.12 bits per heavy atom. The Bertz CT molecular complexity index is 805. The van der Waals surface area contributed by atoms with E-state index in [4.69, 9.17) is 4.42 Å². The van der Waals surface area contributed by atoms with Crippen LogP contribution in [0.4, 0.5) is 0 Å². The van der Waals surface area contributed by atoms with Crippen LogP contribution in [0.3, 0.4) is 0 Å². The second kappa shape index (κ2) is 6.74. The third-order valence-electron chi connectivity index (χ3n) is 4.80. The smallest absolute Gasteiger partial charge is 0.290 e. The van der Waals surface area contributed by atoms with E-state index in [1.165, 1.54) is 6.92 Å². The number of furan rings is 1. The van der Waals surface area contributed by atoms with E-state index >= 15 is 0 Å². The molecule has 1 atom stereocenters. The number of nitrogens with zero attached hydrogens (tertiary/aromatic N) is 3. The van der Waals surface area contributed by atoms with E-state index in [0.29, 0.717) is 18.1 Å². The number of carbonyl (C=O) groups excluding carboxylic acids is 2. The average Bonchev–Trinajstić information content (AvgIpc) is 3.26. The van der Waals surface area contributed by atoms with Gasteiger partial charge in [-0.1, -0.05) is 0 Å². The lowest BCUT2D eigenvalue weighted by molar-refractivity contribution is -0.119. The van der Waals surface area contributed by atoms with Crippen molar-refractivity contribution < 1.29 is 14.0 Å². The first-order valence-corrected chi connectivity index (χ1v) is 8.52. The summed E-state index contributed by atoms with van der Waals surface area (Å²) in [4.78, 5) is 25.8. The SMILES string of the molecule is CC(=O)NCc1ccc(C(=O)N2CCCC2c2c(C)nn(C)c2C)o1. The molecule has 2 aromatic rings. The van der Waals surface area contributed by atoms with E-state index in [2.05, 4.69) is 10.4 Å². The molecule has 2 amide bonds. The molecule has 1 fully saturated rings. The largest absolute Gasteiger partial charge is 0.454 e. The zero-order chi connectivity index (χ0) is 18.1. The molecule has 7 heteroatoms. The molecule has 0 bridgehead atoms. The number of aryl methyl sites for hydroxylation is 2. The van der Waals surface area contributed by atoms with Crippen molar-refractivity contribution in [3.63, 3.8) is 0 Å². The minimum absolute atomic E-state index is 0.0325. The van der Waals surface area contributed by atoms with E-state index < -0.39 is 0 Å². The maximum Gasteiger partial charge on any atom is 0.290 e. The van der Waals surface area contributed by atoms with E-state index in [1.54, 1.807) is 12.1 Å². The number of nitrogens with one attached hydrogen (secondary N) is 1. The second-order valence-corrected chi connectivity index (χ2v) is 6.54. The highest BCUT2D eigenvalue weighted by Gasteiger charge is 2.35. The maximum atomic E-state index is 12.9. The van der Waals surface area contributed by atoms with Gasteiger partial charge in [0.1, 0.15) is 5.76 Å². The fraction of sp³-hybridized carbons (Fsp3) is 0.500. The molecule has 1 N–H and O–H groups in total. The lowest BCUT2D eigenvalue weighted by atomic mass is 10.0. The topological polar surface area (TPSA) is 80.4 Å². The Balaban J connectivity index is 1.80. The van der Waals surface area contributed by atoms with Crippen LogP contribution < -0.4 is 5.32 Å². The van der Waals surface area contributed by atoms with Gasteiger partial charge < -0.3 is 14.6 Å². The predicted octanol–water partition coefficient (Wildman–Crippen LogP) is 2.24. The first-order chi connectivity index (χ1) is 11.9. The minimum Gasteiger partial charge on any atom is -0.454 e. The van der Waals surface area contributed by atoms with Crippen LogP contribution in [0.25, 0.3) is 0 Å². The molecule has 0 spiro atoms. The summed E-state index contributed by atoms with van der Waals surface area (Å²) in [6, 6.07) is 3.44. The van der Waals surface area contributed by atoms with Gasteiger partial charge in [-0.15, -0.1) is 0 Å². The fourth-order valence-electron chi connectivity index (χ4n) is 3.52. The summed E-state index contributed by atoms with van der Waals surface area (Å²) < 4.78 is 7.50. The normalized spacial score (nSPS) is 17.1. The third-order valence-corrected chi connectivity index (χ3v) is 4.80. The highest BCUT2D eigenvalue weighted by molar-refractivity contribution is 5.92. The van der Waals surface area contributed by atoms with Gasteiger partial charge >= 0.3 is 0 Å². The molecule has 3 rings (SSSR count). The molecule has 1 aliphatic heterocycles. The molecule has 0 aromatic carbocycles. The zero-order valence-electron chi connectivity index (χ0n) is 15.1. The number of hydrogen-bond acceptors (Lipinski definition) is 4. The molecule has 1 saturated heterocycles. The Hall–Kier alpha value is -2.57. The highest BCUT2D eigenvalue weighted by atomic mass is 16.4. The molecule has 0 aliphatic carbocycles. The fourth-order valence-corrected chi connectivity index (χ4v) is 3.52. The Labute approximate surface area is 147 Å². The molecule has 1 aliphatic rings. The number of hydrogen-bond donors (Lipinski definition) is 1. The van der Waals surface area contributed by atoms with Crippen LogP contribution in [-0.2, 0) is 18.4 Å². The number of amides is 2. The van der Waals surface area contributed by atoms with Crippen LogP contribution in [0.15, 0.2) is 16.5 Å². The van der Waals surface area contributed by atoms with Gasteiger partial charge in [0.2, 0.25) is 5.91 Å². The van der Waals surface area contributed by atoms with Crippen LogP contribution >= 0.6 is 0 Å². The summed E-state index contributed by atoms with van der Waals surface area (Å²) in [5.74, 6) is 0.639. The van der Waals surface area contributed by atoms with Crippen LogP contribution in [0.5, 0.6) is 0 Å². The number of likely N-dealkylation sites (tertiary alicyclic amines) is 1. The third kappa shape index (κ3) is 3.31. The lowest BCUT2D eigenvalue weighted by Crippen LogP contribution is -2.30. The zero-order valence-corrected chi connectivity index (χ0v) is 15.1. The van der Waals surface area contributed by atoms with Gasteiger partial charge in [-0.05, 0) is 38.8 Å². The Morgan fingerprint density at radius 3 is 2.76 bits per heavy atom. The van der Waals surface area contributed by atoms with Crippen molar-refractivity contribution in [1.82, 2.24) is 20.0 Å². The van der Waals surface area contributed by atoms with E-state index in [9.17, 15) is 9.59 Å². The monoisotopic (exact) mass is 344 g/mol. The van der Waals surface area contributed by atoms with Crippen molar-refractivity contribution >= 4 is 11.8 Å². The summed E-state index contributed by atoms with van der Waals surface area (Å²) in [6.07, 6.45) is 1.89. The molecular weight excluding hydrogens is 320 g/mol. The standard InChI is InChI=1S/C18H24N4O3/c1-11-17(12(2)21(4)20-11)15-6-5-9-22(15)18(24)16-8-7-14(25-16)10-19-13(3)23/h7-8,15H,5-6,9-10H2,1-4H3,(H,19,23). The number of carbonyl (C=O) groups is 2. The van der Waals surface area contributed by atoms with Gasteiger partial charge in [-0.3, -0.25) is 14.3 Å². The molecule has 134 valence electrons. The van der Waals surface area contributed by atoms with Gasteiger partial charge in [0.15, 0.2) is 5.76 Å². The van der Waals surface area contributed by atoms with Crippen molar-refractivity contribution in [2.75, 3.05) is 6.54 Å². The summed E-state index contributed by atoms with van der Waals surface area (Å²) >= 11 is 0. The first-order valence-electron chi connectivity index (χ1n) is 8.52. The van der Waals surface area contributed by atoms with Crippen molar-refractivity contribution in [3.05, 3.63) is 40.6 Å². The second-order valence-electron chi connectivity index (χ2n) is 6.54. The molecule has 0 saturated carbocycles. The average molecular weight is 344 g/mol. The van der Waals surface area contributed by atoms with Gasteiger partial charge in [0.05, 0.1) is 18.3 Å². The van der Waals surface area contributed by atoms with Gasteiger partial charge in [-0.25, -0.2) is 0 Å². The van der Waals surface area contributed by atoms with Crippen molar-refractivity contribution in [2.45, 2.75) is 46.2 Å². The van der Waals surface area contributed by atoms with Crippen LogP contribution in [-0.4, -0.2) is 33.0 Å². The van der Waals surface area contributed by atoms with Crippen molar-refractivity contribution in [3.8, 4) is 0 Å². The summed E-state index contributed by atoms with van der Waals surface area (Å²) in [6.45, 7) is 6.46. The quantitative estimate of drug-likeness (QED) is 0.922. The molecule has 2 aromatic heterocycles. The molecule has 25 heavy (non-hydrogen) atoms. The molecular formula is C18H24N4O3. The highest BCUT2D eigenvalue weighted by Crippen LogP contribution is 2.36. The lowest BCUT2D eigenvalue weighted by Gasteiger charge is -2.24. The summed E-state index contributed by atoms with van der Waals surface area (Å²) in [7, 11) is 1.92. The summed E-state index contributed by atoms with van der Waals surface area (Å²) in [5.41, 5.74) is 3.20. The summed E-state index contributed by atoms with van der Waals surface area (Å²) in [5, 5.41) is 7.15. The van der Waals surface area contributed by atoms with Crippen LogP contribution in [0, 0.1) is 13.8 Å². The molecule has 3 heterocycles. The molecule has 1 unspecified atom stereocenters. The Kier molecular flexibility index (Phi) is 4.65. The minimum atomic E-state index is -0.133. The maximum absolute atomic E-state index is 12.9. The van der Waals surface area contributed by atoms with Crippen LogP contribution in [0.2, 0.25) is 0 Å². The van der Waals surface area contributed by atoms with Gasteiger partial charge in [0.25, 0.3) is 5.91 Å². The molecule has 7 nitrogen and oxygen atoms in total. The van der Waals surface area contributed by atoms with Gasteiger partial charge in [-0.2, -0.15) is 5.10 Å².